The first-order valence-electron chi connectivity index (χ1n) is 9.86. The van der Waals surface area contributed by atoms with Crippen molar-refractivity contribution in [3.05, 3.63) is 59.7 Å². The summed E-state index contributed by atoms with van der Waals surface area (Å²) in [4.78, 5) is 14.8. The fraction of sp³-hybridized carbons (Fsp3) is 0.348. The van der Waals surface area contributed by atoms with Gasteiger partial charge >= 0.3 is 6.61 Å². The first-order chi connectivity index (χ1) is 14.1. The SMILES string of the molecule is CCOc1cc(/C=C/C(=O)c2ccc(N3CCCCC3)cc2)ccc1OC(F)F. The summed E-state index contributed by atoms with van der Waals surface area (Å²) in [6.07, 6.45) is 6.78. The van der Waals surface area contributed by atoms with Gasteiger partial charge in [-0.1, -0.05) is 12.1 Å². The summed E-state index contributed by atoms with van der Waals surface area (Å²) in [5.74, 6) is 0.0629. The third-order valence-corrected chi connectivity index (χ3v) is 4.78. The molecule has 3 rings (SSSR count). The number of hydrogen-bond acceptors (Lipinski definition) is 4. The molecule has 0 bridgehead atoms. The molecule has 0 unspecified atom stereocenters. The fourth-order valence-electron chi connectivity index (χ4n) is 3.35. The second-order valence-electron chi connectivity index (χ2n) is 6.81. The van der Waals surface area contributed by atoms with Crippen LogP contribution in [0.25, 0.3) is 6.08 Å². The number of hydrogen-bond donors (Lipinski definition) is 0. The maximum Gasteiger partial charge on any atom is 0.387 e. The molecule has 0 saturated carbocycles. The molecule has 4 nitrogen and oxygen atoms in total. The molecule has 0 atom stereocenters. The largest absolute Gasteiger partial charge is 0.490 e. The van der Waals surface area contributed by atoms with Crippen molar-refractivity contribution in [2.75, 3.05) is 24.6 Å². The van der Waals surface area contributed by atoms with E-state index < -0.39 is 6.61 Å². The zero-order valence-electron chi connectivity index (χ0n) is 16.4. The number of benzene rings is 2. The highest BCUT2D eigenvalue weighted by atomic mass is 19.3. The van der Waals surface area contributed by atoms with Crippen LogP contribution in [0.4, 0.5) is 14.5 Å². The summed E-state index contributed by atoms with van der Waals surface area (Å²) in [6, 6.07) is 12.2. The van der Waals surface area contributed by atoms with Gasteiger partial charge in [0.2, 0.25) is 0 Å². The molecule has 0 spiro atoms. The van der Waals surface area contributed by atoms with E-state index in [9.17, 15) is 13.6 Å². The smallest absolute Gasteiger partial charge is 0.387 e. The third kappa shape index (κ3) is 5.79. The van der Waals surface area contributed by atoms with Gasteiger partial charge in [-0.25, -0.2) is 0 Å². The van der Waals surface area contributed by atoms with Gasteiger partial charge in [-0.05, 0) is 74.2 Å². The third-order valence-electron chi connectivity index (χ3n) is 4.78. The van der Waals surface area contributed by atoms with Crippen LogP contribution in [0, 0.1) is 0 Å². The average Bonchev–Trinajstić information content (AvgIpc) is 2.74. The Morgan fingerprint density at radius 1 is 1.07 bits per heavy atom. The summed E-state index contributed by atoms with van der Waals surface area (Å²) in [7, 11) is 0. The number of alkyl halides is 2. The van der Waals surface area contributed by atoms with Crippen LogP contribution in [0.3, 0.4) is 0 Å². The minimum Gasteiger partial charge on any atom is -0.490 e. The Morgan fingerprint density at radius 2 is 1.79 bits per heavy atom. The summed E-state index contributed by atoms with van der Waals surface area (Å²) in [5, 5.41) is 0. The highest BCUT2D eigenvalue weighted by Crippen LogP contribution is 2.30. The normalized spacial score (nSPS) is 14.4. The molecule has 154 valence electrons. The lowest BCUT2D eigenvalue weighted by molar-refractivity contribution is -0.0514. The lowest BCUT2D eigenvalue weighted by atomic mass is 10.1. The molecule has 1 heterocycles. The number of piperidine rings is 1. The standard InChI is InChI=1S/C23H25F2NO3/c1-2-28-22-16-17(7-13-21(22)29-23(24)25)6-12-20(27)18-8-10-19(11-9-18)26-14-4-3-5-15-26/h6-13,16,23H,2-5,14-15H2,1H3/b12-6+. The minimum absolute atomic E-state index is 0.0290. The maximum absolute atomic E-state index is 12.5. The van der Waals surface area contributed by atoms with Crippen molar-refractivity contribution in [1.82, 2.24) is 0 Å². The molecule has 0 amide bonds. The fourth-order valence-corrected chi connectivity index (χ4v) is 3.35. The first-order valence-corrected chi connectivity index (χ1v) is 9.86. The van der Waals surface area contributed by atoms with Gasteiger partial charge in [0.15, 0.2) is 17.3 Å². The average molecular weight is 401 g/mol. The van der Waals surface area contributed by atoms with Crippen molar-refractivity contribution in [3.8, 4) is 11.5 Å². The Kier molecular flexibility index (Phi) is 7.22. The van der Waals surface area contributed by atoms with Gasteiger partial charge in [0.05, 0.1) is 6.61 Å². The Bertz CT molecular complexity index is 844. The molecule has 6 heteroatoms. The summed E-state index contributed by atoms with van der Waals surface area (Å²) >= 11 is 0. The monoisotopic (exact) mass is 401 g/mol. The first kappa shape index (κ1) is 20.8. The van der Waals surface area contributed by atoms with E-state index in [1.54, 1.807) is 25.1 Å². The summed E-state index contributed by atoms with van der Waals surface area (Å²) < 4.78 is 34.8. The van der Waals surface area contributed by atoms with Crippen molar-refractivity contribution in [2.24, 2.45) is 0 Å². The number of anilines is 1. The van der Waals surface area contributed by atoms with Gasteiger partial charge in [-0.15, -0.1) is 0 Å². The molecule has 1 saturated heterocycles. The molecular weight excluding hydrogens is 376 g/mol. The van der Waals surface area contributed by atoms with Crippen LogP contribution < -0.4 is 14.4 Å². The minimum atomic E-state index is -2.93. The van der Waals surface area contributed by atoms with Crippen LogP contribution >= 0.6 is 0 Å². The van der Waals surface area contributed by atoms with Gasteiger partial charge in [0, 0.05) is 24.3 Å². The van der Waals surface area contributed by atoms with Gasteiger partial charge in [-0.2, -0.15) is 8.78 Å². The van der Waals surface area contributed by atoms with E-state index in [4.69, 9.17) is 4.74 Å². The number of carbonyl (C=O) groups excluding carboxylic acids is 1. The molecule has 0 N–H and O–H groups in total. The predicted molar refractivity (Wildman–Crippen MR) is 110 cm³/mol. The van der Waals surface area contributed by atoms with Crippen LogP contribution in [-0.2, 0) is 0 Å². The Balaban J connectivity index is 1.68. The molecule has 0 radical (unpaired) electrons. The van der Waals surface area contributed by atoms with E-state index in [-0.39, 0.29) is 17.3 Å². The van der Waals surface area contributed by atoms with Gasteiger partial charge in [0.25, 0.3) is 0 Å². The lowest BCUT2D eigenvalue weighted by Gasteiger charge is -2.28. The number of nitrogens with zero attached hydrogens (tertiary/aromatic N) is 1. The van der Waals surface area contributed by atoms with E-state index in [1.807, 2.05) is 24.3 Å². The summed E-state index contributed by atoms with van der Waals surface area (Å²) in [6.45, 7) is 1.26. The second kappa shape index (κ2) is 10.0. The zero-order valence-corrected chi connectivity index (χ0v) is 16.4. The number of carbonyl (C=O) groups is 1. The number of halogens is 2. The Hall–Kier alpha value is -2.89. The van der Waals surface area contributed by atoms with Crippen LogP contribution in [0.5, 0.6) is 11.5 Å². The van der Waals surface area contributed by atoms with Crippen molar-refractivity contribution >= 4 is 17.5 Å². The molecule has 1 aliphatic rings. The van der Waals surface area contributed by atoms with Crippen LogP contribution in [0.2, 0.25) is 0 Å². The molecule has 29 heavy (non-hydrogen) atoms. The summed E-state index contributed by atoms with van der Waals surface area (Å²) in [5.41, 5.74) is 2.40. The zero-order chi connectivity index (χ0) is 20.6. The Morgan fingerprint density at radius 3 is 2.45 bits per heavy atom. The highest BCUT2D eigenvalue weighted by Gasteiger charge is 2.12. The molecule has 2 aromatic carbocycles. The molecular formula is C23H25F2NO3. The molecule has 0 aliphatic carbocycles. The maximum atomic E-state index is 12.5. The molecule has 0 aromatic heterocycles. The van der Waals surface area contributed by atoms with Crippen molar-refractivity contribution in [1.29, 1.82) is 0 Å². The van der Waals surface area contributed by atoms with Crippen molar-refractivity contribution < 1.29 is 23.0 Å². The number of ketones is 1. The van der Waals surface area contributed by atoms with Crippen LogP contribution in [-0.4, -0.2) is 32.1 Å². The molecule has 2 aromatic rings. The topological polar surface area (TPSA) is 38.8 Å². The van der Waals surface area contributed by atoms with Crippen molar-refractivity contribution in [2.45, 2.75) is 32.8 Å². The predicted octanol–water partition coefficient (Wildman–Crippen LogP) is 5.57. The van der Waals surface area contributed by atoms with E-state index in [1.165, 1.54) is 31.4 Å². The van der Waals surface area contributed by atoms with Crippen molar-refractivity contribution in [3.63, 3.8) is 0 Å². The second-order valence-corrected chi connectivity index (χ2v) is 6.81. The lowest BCUT2D eigenvalue weighted by Crippen LogP contribution is -2.29. The van der Waals surface area contributed by atoms with E-state index in [2.05, 4.69) is 9.64 Å². The van der Waals surface area contributed by atoms with Gasteiger partial charge in [-0.3, -0.25) is 4.79 Å². The Labute approximate surface area is 169 Å². The number of allylic oxidation sites excluding steroid dienone is 1. The van der Waals surface area contributed by atoms with Gasteiger partial charge in [0.1, 0.15) is 0 Å². The molecule has 1 aliphatic heterocycles. The van der Waals surface area contributed by atoms with E-state index in [0.717, 1.165) is 18.8 Å². The number of ether oxygens (including phenoxy) is 2. The number of rotatable bonds is 8. The molecule has 1 fully saturated rings. The van der Waals surface area contributed by atoms with E-state index in [0.29, 0.717) is 17.7 Å². The van der Waals surface area contributed by atoms with E-state index >= 15 is 0 Å². The van der Waals surface area contributed by atoms with Crippen LogP contribution in [0.15, 0.2) is 48.5 Å². The van der Waals surface area contributed by atoms with Gasteiger partial charge < -0.3 is 14.4 Å². The van der Waals surface area contributed by atoms with Crippen LogP contribution in [0.1, 0.15) is 42.1 Å². The quantitative estimate of drug-likeness (QED) is 0.428. The highest BCUT2D eigenvalue weighted by molar-refractivity contribution is 6.07.